The number of carbonyl (C=O) groups is 1. The summed E-state index contributed by atoms with van der Waals surface area (Å²) in [5, 5.41) is 12.7. The Hall–Kier alpha value is -4.41. The number of ether oxygens (including phenoxy) is 1. The van der Waals surface area contributed by atoms with E-state index in [0.29, 0.717) is 22.6 Å². The highest BCUT2D eigenvalue weighted by atomic mass is 32.1. The van der Waals surface area contributed by atoms with Crippen molar-refractivity contribution in [3.05, 3.63) is 116 Å². The third-order valence-corrected chi connectivity index (χ3v) is 6.28. The second-order valence-electron chi connectivity index (χ2n) is 7.52. The monoisotopic (exact) mass is 481 g/mol. The van der Waals surface area contributed by atoms with Gasteiger partial charge in [-0.1, -0.05) is 66.7 Å². The third-order valence-electron chi connectivity index (χ3n) is 5.19. The van der Waals surface area contributed by atoms with Crippen LogP contribution in [0.3, 0.4) is 0 Å². The number of para-hydroxylation sites is 2. The molecule has 0 spiro atoms. The number of rotatable bonds is 7. The van der Waals surface area contributed by atoms with Gasteiger partial charge in [-0.15, -0.1) is 11.3 Å². The van der Waals surface area contributed by atoms with Crippen LogP contribution in [0.25, 0.3) is 17.3 Å². The molecule has 3 aromatic carbocycles. The van der Waals surface area contributed by atoms with Gasteiger partial charge in [0, 0.05) is 12.1 Å². The van der Waals surface area contributed by atoms with Gasteiger partial charge in [0.15, 0.2) is 5.57 Å². The molecule has 0 aliphatic heterocycles. The van der Waals surface area contributed by atoms with E-state index in [-0.39, 0.29) is 22.3 Å². The number of benzene rings is 3. The van der Waals surface area contributed by atoms with E-state index in [4.69, 9.17) is 4.74 Å². The van der Waals surface area contributed by atoms with Crippen molar-refractivity contribution in [1.29, 1.82) is 5.26 Å². The first-order valence-electron chi connectivity index (χ1n) is 11.1. The van der Waals surface area contributed by atoms with Crippen LogP contribution < -0.4 is 24.8 Å². The van der Waals surface area contributed by atoms with Crippen molar-refractivity contribution in [2.75, 3.05) is 6.61 Å². The van der Waals surface area contributed by atoms with Crippen molar-refractivity contribution >= 4 is 28.9 Å². The van der Waals surface area contributed by atoms with Gasteiger partial charge >= 0.3 is 0 Å². The van der Waals surface area contributed by atoms with Gasteiger partial charge in [0.25, 0.3) is 11.5 Å². The zero-order chi connectivity index (χ0) is 24.6. The average molecular weight is 482 g/mol. The van der Waals surface area contributed by atoms with E-state index >= 15 is 0 Å². The Kier molecular flexibility index (Phi) is 7.56. The number of hydrogen-bond donors (Lipinski definition) is 1. The van der Waals surface area contributed by atoms with E-state index in [0.717, 1.165) is 22.5 Å². The first-order valence-corrected chi connectivity index (χ1v) is 11.9. The van der Waals surface area contributed by atoms with Gasteiger partial charge in [0.05, 0.1) is 16.8 Å². The Morgan fingerprint density at radius 2 is 1.69 bits per heavy atom. The van der Waals surface area contributed by atoms with Crippen LogP contribution in [0.1, 0.15) is 18.1 Å². The highest BCUT2D eigenvalue weighted by Gasteiger charge is 2.17. The molecular formula is C28H23N3O3S. The number of nitriles is 1. The first kappa shape index (κ1) is 23.7. The van der Waals surface area contributed by atoms with Crippen molar-refractivity contribution in [1.82, 2.24) is 9.88 Å². The molecule has 1 N–H and O–H groups in total. The summed E-state index contributed by atoms with van der Waals surface area (Å²) in [4.78, 5) is 26.6. The highest BCUT2D eigenvalue weighted by Crippen LogP contribution is 2.18. The molecule has 0 radical (unpaired) electrons. The van der Waals surface area contributed by atoms with Crippen LogP contribution in [0.5, 0.6) is 5.75 Å². The Balaban J connectivity index is 1.89. The predicted molar refractivity (Wildman–Crippen MR) is 138 cm³/mol. The normalized spacial score (nSPS) is 12.1. The van der Waals surface area contributed by atoms with E-state index in [1.165, 1.54) is 4.57 Å². The summed E-state index contributed by atoms with van der Waals surface area (Å²) in [5.74, 6) is 0.115. The van der Waals surface area contributed by atoms with Gasteiger partial charge in [-0.05, 0) is 36.8 Å². The zero-order valence-electron chi connectivity index (χ0n) is 19.1. The maximum atomic E-state index is 13.5. The molecule has 4 aromatic rings. The van der Waals surface area contributed by atoms with Crippen molar-refractivity contribution in [3.8, 4) is 17.5 Å². The van der Waals surface area contributed by atoms with Crippen LogP contribution >= 0.6 is 11.3 Å². The Morgan fingerprint density at radius 3 is 2.37 bits per heavy atom. The molecule has 0 saturated heterocycles. The highest BCUT2D eigenvalue weighted by molar-refractivity contribution is 7.07. The fraction of sp³-hybridized carbons (Fsp3) is 0.107. The van der Waals surface area contributed by atoms with E-state index in [9.17, 15) is 14.9 Å². The summed E-state index contributed by atoms with van der Waals surface area (Å²) in [7, 11) is 0. The maximum absolute atomic E-state index is 13.5. The van der Waals surface area contributed by atoms with Gasteiger partial charge in [0.1, 0.15) is 16.5 Å². The van der Waals surface area contributed by atoms with Gasteiger partial charge in [0.2, 0.25) is 0 Å². The standard InChI is InChI=1S/C28H23N3O3S/c1-2-34-24-16-10-9-13-21(24)17-25-27(33)31(22-14-7-4-8-15-22)28(35-25)23(18-29)26(32)30-19-20-11-5-3-6-12-20/h3-17H,2,19H2,1H3,(H,30,32)/b25-17-,28-23+. The number of aromatic nitrogens is 1. The minimum atomic E-state index is -0.538. The molecule has 35 heavy (non-hydrogen) atoms. The lowest BCUT2D eigenvalue weighted by Gasteiger charge is -2.06. The molecule has 0 unspecified atom stereocenters. The molecule has 1 amide bonds. The molecule has 7 heteroatoms. The van der Waals surface area contributed by atoms with E-state index in [1.54, 1.807) is 30.3 Å². The van der Waals surface area contributed by atoms with Crippen LogP contribution in [0.2, 0.25) is 0 Å². The Morgan fingerprint density at radius 1 is 1.03 bits per heavy atom. The van der Waals surface area contributed by atoms with E-state index in [1.807, 2.05) is 73.7 Å². The molecule has 174 valence electrons. The molecule has 0 fully saturated rings. The Bertz CT molecular complexity index is 1550. The van der Waals surface area contributed by atoms with Crippen molar-refractivity contribution in [2.45, 2.75) is 13.5 Å². The van der Waals surface area contributed by atoms with Crippen LogP contribution in [0.4, 0.5) is 0 Å². The number of thiazole rings is 1. The SMILES string of the molecule is CCOc1ccccc1/C=c1\s/c(=C(\C#N)C(=O)NCc2ccccc2)n(-c2ccccc2)c1=O. The topological polar surface area (TPSA) is 84.1 Å². The number of nitrogens with zero attached hydrogens (tertiary/aromatic N) is 2. The van der Waals surface area contributed by atoms with Crippen molar-refractivity contribution < 1.29 is 9.53 Å². The summed E-state index contributed by atoms with van der Waals surface area (Å²) in [6.07, 6.45) is 1.73. The summed E-state index contributed by atoms with van der Waals surface area (Å²) in [6, 6.07) is 27.9. The molecule has 0 aliphatic rings. The number of nitrogens with one attached hydrogen (secondary N) is 1. The molecule has 0 aliphatic carbocycles. The summed E-state index contributed by atoms with van der Waals surface area (Å²) < 4.78 is 7.77. The van der Waals surface area contributed by atoms with E-state index < -0.39 is 5.91 Å². The minimum Gasteiger partial charge on any atom is -0.493 e. The average Bonchev–Trinajstić information content (AvgIpc) is 3.21. The van der Waals surface area contributed by atoms with Crippen LogP contribution in [-0.2, 0) is 11.3 Å². The largest absolute Gasteiger partial charge is 0.493 e. The quantitative estimate of drug-likeness (QED) is 0.440. The smallest absolute Gasteiger partial charge is 0.273 e. The maximum Gasteiger partial charge on any atom is 0.273 e. The molecule has 6 nitrogen and oxygen atoms in total. The zero-order valence-corrected chi connectivity index (χ0v) is 19.9. The molecule has 0 saturated carbocycles. The van der Waals surface area contributed by atoms with Gasteiger partial charge in [-0.25, -0.2) is 0 Å². The molecule has 1 aromatic heterocycles. The predicted octanol–water partition coefficient (Wildman–Crippen LogP) is 3.12. The molecule has 1 heterocycles. The number of hydrogen-bond acceptors (Lipinski definition) is 5. The molecule has 0 atom stereocenters. The van der Waals surface area contributed by atoms with Gasteiger partial charge < -0.3 is 10.1 Å². The summed E-state index contributed by atoms with van der Waals surface area (Å²) >= 11 is 1.10. The molecule has 4 rings (SSSR count). The Labute approximate surface area is 206 Å². The van der Waals surface area contributed by atoms with Crippen LogP contribution in [-0.4, -0.2) is 17.1 Å². The number of carbonyl (C=O) groups excluding carboxylic acids is 1. The van der Waals surface area contributed by atoms with Crippen molar-refractivity contribution in [3.63, 3.8) is 0 Å². The molecule has 0 bridgehead atoms. The summed E-state index contributed by atoms with van der Waals surface area (Å²) in [5.41, 5.74) is 1.79. The summed E-state index contributed by atoms with van der Waals surface area (Å²) in [6.45, 7) is 2.65. The lowest BCUT2D eigenvalue weighted by molar-refractivity contribution is -0.115. The number of amides is 1. The fourth-order valence-corrected chi connectivity index (χ4v) is 4.64. The third kappa shape index (κ3) is 5.40. The van der Waals surface area contributed by atoms with Gasteiger partial charge in [-0.3, -0.25) is 14.2 Å². The lowest BCUT2D eigenvalue weighted by Crippen LogP contribution is -2.33. The minimum absolute atomic E-state index is 0.121. The van der Waals surface area contributed by atoms with Gasteiger partial charge in [-0.2, -0.15) is 5.26 Å². The second-order valence-corrected chi connectivity index (χ2v) is 8.55. The lowest BCUT2D eigenvalue weighted by atomic mass is 10.2. The van der Waals surface area contributed by atoms with Crippen LogP contribution in [0.15, 0.2) is 89.7 Å². The van der Waals surface area contributed by atoms with E-state index in [2.05, 4.69) is 5.32 Å². The second kappa shape index (κ2) is 11.1. The molecular weight excluding hydrogens is 458 g/mol. The van der Waals surface area contributed by atoms with Crippen LogP contribution in [0, 0.1) is 11.3 Å². The first-order chi connectivity index (χ1) is 17.1. The van der Waals surface area contributed by atoms with Crippen molar-refractivity contribution in [2.24, 2.45) is 0 Å². The fourth-order valence-electron chi connectivity index (χ4n) is 3.55.